The zero-order valence-corrected chi connectivity index (χ0v) is 20.5. The third kappa shape index (κ3) is 4.69. The van der Waals surface area contributed by atoms with Gasteiger partial charge in [0.15, 0.2) is 17.0 Å². The topological polar surface area (TPSA) is 101 Å². The number of amides is 1. The van der Waals surface area contributed by atoms with E-state index in [1.165, 1.54) is 19.3 Å². The Labute approximate surface area is 210 Å². The van der Waals surface area contributed by atoms with Crippen LogP contribution >= 0.6 is 0 Å². The van der Waals surface area contributed by atoms with Crippen molar-refractivity contribution < 1.29 is 4.79 Å². The monoisotopic (exact) mass is 484 g/mol. The highest BCUT2D eigenvalue weighted by molar-refractivity contribution is 5.86. The molecule has 0 spiro atoms. The maximum Gasteiger partial charge on any atom is 0.231 e. The summed E-state index contributed by atoms with van der Waals surface area (Å²) in [7, 11) is 0. The number of imidazole rings is 1. The van der Waals surface area contributed by atoms with Crippen LogP contribution in [0.2, 0.25) is 0 Å². The van der Waals surface area contributed by atoms with Gasteiger partial charge in [0.25, 0.3) is 0 Å². The third-order valence-electron chi connectivity index (χ3n) is 7.32. The van der Waals surface area contributed by atoms with Crippen molar-refractivity contribution >= 4 is 45.4 Å². The standard InChI is InChI=1S/C27H32N8O/c36-23-10-5-15-34(23)16-6-14-29-25-24-26(35(18-30-24)21-8-2-1-3-9-21)33-27(32-25)31-20-11-12-22-19(17-20)7-4-13-28-22/h4,7,11-13,17-18,21H,1-3,5-6,8-10,14-16H2,(H2,29,31,32,33). The molecule has 1 amide bonds. The summed E-state index contributed by atoms with van der Waals surface area (Å²) in [5.41, 5.74) is 3.52. The van der Waals surface area contributed by atoms with Crippen LogP contribution in [0.3, 0.4) is 0 Å². The van der Waals surface area contributed by atoms with E-state index in [0.29, 0.717) is 25.0 Å². The van der Waals surface area contributed by atoms with E-state index < -0.39 is 0 Å². The quantitative estimate of drug-likeness (QED) is 0.338. The Kier molecular flexibility index (Phi) is 6.36. The molecule has 1 saturated carbocycles. The lowest BCUT2D eigenvalue weighted by Gasteiger charge is -2.23. The number of hydrogen-bond acceptors (Lipinski definition) is 7. The first kappa shape index (κ1) is 22.7. The van der Waals surface area contributed by atoms with E-state index in [2.05, 4.69) is 26.3 Å². The molecule has 0 bridgehead atoms. The SMILES string of the molecule is O=C1CCCN1CCCNc1nc(Nc2ccc3ncccc3c2)nc2c1ncn2C1CCCCC1. The van der Waals surface area contributed by atoms with Crippen molar-refractivity contribution in [3.63, 3.8) is 0 Å². The number of likely N-dealkylation sites (tertiary alicyclic amines) is 1. The number of nitrogens with zero attached hydrogens (tertiary/aromatic N) is 6. The molecule has 0 radical (unpaired) electrons. The van der Waals surface area contributed by atoms with Crippen LogP contribution in [0.5, 0.6) is 0 Å². The average molecular weight is 485 g/mol. The van der Waals surface area contributed by atoms with Gasteiger partial charge in [-0.2, -0.15) is 9.97 Å². The Morgan fingerprint density at radius 3 is 2.81 bits per heavy atom. The molecule has 4 aromatic rings. The highest BCUT2D eigenvalue weighted by atomic mass is 16.2. The maximum absolute atomic E-state index is 11.9. The second-order valence-electron chi connectivity index (χ2n) is 9.81. The third-order valence-corrected chi connectivity index (χ3v) is 7.32. The molecular weight excluding hydrogens is 452 g/mol. The summed E-state index contributed by atoms with van der Waals surface area (Å²) in [6, 6.07) is 10.5. The Morgan fingerprint density at radius 1 is 1.03 bits per heavy atom. The van der Waals surface area contributed by atoms with E-state index in [1.54, 1.807) is 6.20 Å². The van der Waals surface area contributed by atoms with Crippen LogP contribution in [0.25, 0.3) is 22.1 Å². The first-order chi connectivity index (χ1) is 17.7. The van der Waals surface area contributed by atoms with Crippen LogP contribution in [-0.4, -0.2) is 54.9 Å². The van der Waals surface area contributed by atoms with Crippen molar-refractivity contribution in [3.05, 3.63) is 42.9 Å². The molecule has 1 saturated heterocycles. The Bertz CT molecular complexity index is 1380. The number of anilines is 3. The van der Waals surface area contributed by atoms with Gasteiger partial charge in [0, 0.05) is 49.4 Å². The van der Waals surface area contributed by atoms with Gasteiger partial charge in [-0.15, -0.1) is 0 Å². The van der Waals surface area contributed by atoms with Gasteiger partial charge in [0.05, 0.1) is 11.8 Å². The van der Waals surface area contributed by atoms with Gasteiger partial charge in [0.1, 0.15) is 0 Å². The number of carbonyl (C=O) groups is 1. The maximum atomic E-state index is 11.9. The van der Waals surface area contributed by atoms with Crippen molar-refractivity contribution in [2.75, 3.05) is 30.3 Å². The van der Waals surface area contributed by atoms with Crippen molar-refractivity contribution in [3.8, 4) is 0 Å². The Balaban J connectivity index is 1.27. The molecule has 1 aliphatic heterocycles. The van der Waals surface area contributed by atoms with Crippen LogP contribution in [0.1, 0.15) is 57.4 Å². The second kappa shape index (κ2) is 10.1. The molecule has 186 valence electrons. The minimum Gasteiger partial charge on any atom is -0.368 e. The van der Waals surface area contributed by atoms with Gasteiger partial charge in [-0.25, -0.2) is 4.98 Å². The second-order valence-corrected chi connectivity index (χ2v) is 9.81. The number of nitrogens with one attached hydrogen (secondary N) is 2. The van der Waals surface area contributed by atoms with E-state index in [1.807, 2.05) is 35.5 Å². The lowest BCUT2D eigenvalue weighted by atomic mass is 9.95. The van der Waals surface area contributed by atoms with Crippen LogP contribution in [0.4, 0.5) is 17.5 Å². The van der Waals surface area contributed by atoms with Crippen molar-refractivity contribution in [2.24, 2.45) is 0 Å². The number of rotatable bonds is 8. The highest BCUT2D eigenvalue weighted by Crippen LogP contribution is 2.32. The molecule has 9 heteroatoms. The summed E-state index contributed by atoms with van der Waals surface area (Å²) in [6.45, 7) is 2.36. The molecule has 9 nitrogen and oxygen atoms in total. The summed E-state index contributed by atoms with van der Waals surface area (Å²) in [5.74, 6) is 1.54. The van der Waals surface area contributed by atoms with Crippen molar-refractivity contribution in [1.82, 2.24) is 29.4 Å². The zero-order valence-electron chi connectivity index (χ0n) is 20.5. The number of carbonyl (C=O) groups excluding carboxylic acids is 1. The fourth-order valence-corrected chi connectivity index (χ4v) is 5.42. The summed E-state index contributed by atoms with van der Waals surface area (Å²) < 4.78 is 2.24. The van der Waals surface area contributed by atoms with Gasteiger partial charge in [-0.1, -0.05) is 25.3 Å². The Morgan fingerprint density at radius 2 is 1.94 bits per heavy atom. The molecule has 0 atom stereocenters. The summed E-state index contributed by atoms with van der Waals surface area (Å²) >= 11 is 0. The molecule has 2 N–H and O–H groups in total. The van der Waals surface area contributed by atoms with Crippen LogP contribution < -0.4 is 10.6 Å². The molecule has 1 aromatic carbocycles. The summed E-state index contributed by atoms with van der Waals surface area (Å²) in [4.78, 5) is 32.7. The number of pyridine rings is 1. The Hall–Kier alpha value is -3.75. The van der Waals surface area contributed by atoms with Crippen LogP contribution in [-0.2, 0) is 4.79 Å². The van der Waals surface area contributed by atoms with E-state index >= 15 is 0 Å². The van der Waals surface area contributed by atoms with Gasteiger partial charge < -0.3 is 20.1 Å². The molecule has 2 aliphatic rings. The van der Waals surface area contributed by atoms with E-state index in [4.69, 9.17) is 15.0 Å². The van der Waals surface area contributed by atoms with Crippen LogP contribution in [0.15, 0.2) is 42.9 Å². The normalized spacial score (nSPS) is 16.8. The predicted molar refractivity (Wildman–Crippen MR) is 141 cm³/mol. The molecule has 2 fully saturated rings. The van der Waals surface area contributed by atoms with Gasteiger partial charge >= 0.3 is 0 Å². The molecular formula is C27H32N8O. The number of fused-ring (bicyclic) bond motifs is 2. The molecule has 6 rings (SSSR count). The van der Waals surface area contributed by atoms with E-state index in [-0.39, 0.29) is 5.91 Å². The zero-order chi connectivity index (χ0) is 24.3. The smallest absolute Gasteiger partial charge is 0.231 e. The molecule has 4 heterocycles. The minimum absolute atomic E-state index is 0.266. The van der Waals surface area contributed by atoms with Crippen molar-refractivity contribution in [2.45, 2.75) is 57.4 Å². The molecule has 3 aromatic heterocycles. The minimum atomic E-state index is 0.266. The van der Waals surface area contributed by atoms with E-state index in [9.17, 15) is 4.79 Å². The van der Waals surface area contributed by atoms with E-state index in [0.717, 1.165) is 72.3 Å². The number of benzene rings is 1. The van der Waals surface area contributed by atoms with Gasteiger partial charge in [-0.3, -0.25) is 9.78 Å². The summed E-state index contributed by atoms with van der Waals surface area (Å²) in [6.07, 6.45) is 12.3. The number of aromatic nitrogens is 5. The fourth-order valence-electron chi connectivity index (χ4n) is 5.42. The summed E-state index contributed by atoms with van der Waals surface area (Å²) in [5, 5.41) is 7.95. The number of hydrogen-bond donors (Lipinski definition) is 2. The average Bonchev–Trinajstić information content (AvgIpc) is 3.53. The van der Waals surface area contributed by atoms with Gasteiger partial charge in [0.2, 0.25) is 11.9 Å². The lowest BCUT2D eigenvalue weighted by Crippen LogP contribution is -2.27. The highest BCUT2D eigenvalue weighted by Gasteiger charge is 2.22. The largest absolute Gasteiger partial charge is 0.368 e. The molecule has 36 heavy (non-hydrogen) atoms. The van der Waals surface area contributed by atoms with Gasteiger partial charge in [-0.05, 0) is 49.9 Å². The lowest BCUT2D eigenvalue weighted by molar-refractivity contribution is -0.127. The first-order valence-corrected chi connectivity index (χ1v) is 13.1. The molecule has 0 unspecified atom stereocenters. The molecule has 1 aliphatic carbocycles. The predicted octanol–water partition coefficient (Wildman–Crippen LogP) is 5.05. The fraction of sp³-hybridized carbons (Fsp3) is 0.444. The van der Waals surface area contributed by atoms with Crippen LogP contribution in [0, 0.1) is 0 Å². The first-order valence-electron chi connectivity index (χ1n) is 13.1. The van der Waals surface area contributed by atoms with Crippen molar-refractivity contribution in [1.29, 1.82) is 0 Å².